The fourth-order valence-corrected chi connectivity index (χ4v) is 1.62. The van der Waals surface area contributed by atoms with Crippen LogP contribution in [-0.2, 0) is 16.1 Å². The van der Waals surface area contributed by atoms with Gasteiger partial charge in [-0.3, -0.25) is 9.78 Å². The van der Waals surface area contributed by atoms with Crippen molar-refractivity contribution in [3.8, 4) is 0 Å². The van der Waals surface area contributed by atoms with Crippen molar-refractivity contribution >= 4 is 5.97 Å². The molecule has 0 saturated heterocycles. The third kappa shape index (κ3) is 4.95. The van der Waals surface area contributed by atoms with Crippen molar-refractivity contribution in [3.05, 3.63) is 30.1 Å². The standard InChI is InChI=1S/C13H20N2O2/c1-10(2)7-12(13(16)17-3)15-9-11-5-4-6-14-8-11/h4-6,8,10,12,15H,7,9H2,1-3H3. The lowest BCUT2D eigenvalue weighted by Crippen LogP contribution is -2.38. The molecule has 94 valence electrons. The third-order valence-electron chi connectivity index (χ3n) is 2.47. The second kappa shape index (κ2) is 7.01. The molecule has 0 bridgehead atoms. The van der Waals surface area contributed by atoms with Gasteiger partial charge in [-0.05, 0) is 24.0 Å². The van der Waals surface area contributed by atoms with Crippen molar-refractivity contribution in [3.63, 3.8) is 0 Å². The van der Waals surface area contributed by atoms with Gasteiger partial charge in [0.15, 0.2) is 0 Å². The zero-order valence-electron chi connectivity index (χ0n) is 10.6. The van der Waals surface area contributed by atoms with Crippen molar-refractivity contribution in [2.24, 2.45) is 5.92 Å². The molecule has 0 aliphatic rings. The molecule has 1 aromatic rings. The van der Waals surface area contributed by atoms with Crippen LogP contribution >= 0.6 is 0 Å². The van der Waals surface area contributed by atoms with Gasteiger partial charge < -0.3 is 10.1 Å². The minimum absolute atomic E-state index is 0.206. The molecule has 0 aromatic carbocycles. The number of ether oxygens (including phenoxy) is 1. The quantitative estimate of drug-likeness (QED) is 0.765. The van der Waals surface area contributed by atoms with Crippen molar-refractivity contribution in [1.29, 1.82) is 0 Å². The Morgan fingerprint density at radius 3 is 2.82 bits per heavy atom. The molecule has 1 N–H and O–H groups in total. The summed E-state index contributed by atoms with van der Waals surface area (Å²) in [5.74, 6) is 0.239. The first kappa shape index (κ1) is 13.6. The van der Waals surface area contributed by atoms with E-state index >= 15 is 0 Å². The number of rotatable bonds is 6. The van der Waals surface area contributed by atoms with Gasteiger partial charge in [0.1, 0.15) is 6.04 Å². The number of aromatic nitrogens is 1. The van der Waals surface area contributed by atoms with Crippen LogP contribution in [0.4, 0.5) is 0 Å². The monoisotopic (exact) mass is 236 g/mol. The highest BCUT2D eigenvalue weighted by molar-refractivity contribution is 5.75. The van der Waals surface area contributed by atoms with Gasteiger partial charge in [0.25, 0.3) is 0 Å². The Morgan fingerprint density at radius 1 is 1.53 bits per heavy atom. The largest absolute Gasteiger partial charge is 0.468 e. The summed E-state index contributed by atoms with van der Waals surface area (Å²) in [4.78, 5) is 15.6. The summed E-state index contributed by atoms with van der Waals surface area (Å²) in [6, 6.07) is 3.61. The third-order valence-corrected chi connectivity index (χ3v) is 2.47. The molecule has 0 amide bonds. The van der Waals surface area contributed by atoms with Crippen LogP contribution in [0.25, 0.3) is 0 Å². The van der Waals surface area contributed by atoms with Crippen LogP contribution in [-0.4, -0.2) is 24.1 Å². The number of carbonyl (C=O) groups is 1. The first-order chi connectivity index (χ1) is 8.13. The number of nitrogens with zero attached hydrogens (tertiary/aromatic N) is 1. The SMILES string of the molecule is COC(=O)C(CC(C)C)NCc1cccnc1. The molecule has 0 fully saturated rings. The molecule has 1 unspecified atom stereocenters. The zero-order chi connectivity index (χ0) is 12.7. The molecule has 0 radical (unpaired) electrons. The number of carbonyl (C=O) groups excluding carboxylic acids is 1. The van der Waals surface area contributed by atoms with E-state index in [1.54, 1.807) is 12.4 Å². The molecule has 1 aromatic heterocycles. The van der Waals surface area contributed by atoms with Gasteiger partial charge in [-0.1, -0.05) is 19.9 Å². The van der Waals surface area contributed by atoms with E-state index in [-0.39, 0.29) is 12.0 Å². The van der Waals surface area contributed by atoms with Gasteiger partial charge in [0.05, 0.1) is 7.11 Å². The molecule has 4 heteroatoms. The van der Waals surface area contributed by atoms with Gasteiger partial charge in [0.2, 0.25) is 0 Å². The van der Waals surface area contributed by atoms with Crippen molar-refractivity contribution < 1.29 is 9.53 Å². The average molecular weight is 236 g/mol. The van der Waals surface area contributed by atoms with Gasteiger partial charge in [-0.2, -0.15) is 0 Å². The second-order valence-corrected chi connectivity index (χ2v) is 4.45. The smallest absolute Gasteiger partial charge is 0.322 e. The summed E-state index contributed by atoms with van der Waals surface area (Å²) < 4.78 is 4.78. The van der Waals surface area contributed by atoms with E-state index in [0.29, 0.717) is 12.5 Å². The van der Waals surface area contributed by atoms with Crippen molar-refractivity contribution in [2.75, 3.05) is 7.11 Å². The highest BCUT2D eigenvalue weighted by Crippen LogP contribution is 2.07. The minimum Gasteiger partial charge on any atom is -0.468 e. The maximum atomic E-state index is 11.6. The van der Waals surface area contributed by atoms with Crippen LogP contribution in [0.2, 0.25) is 0 Å². The Hall–Kier alpha value is -1.42. The Bertz CT molecular complexity index is 339. The molecule has 17 heavy (non-hydrogen) atoms. The predicted octanol–water partition coefficient (Wildman–Crippen LogP) is 1.76. The number of methoxy groups -OCH3 is 1. The fraction of sp³-hybridized carbons (Fsp3) is 0.538. The zero-order valence-corrected chi connectivity index (χ0v) is 10.6. The average Bonchev–Trinajstić information content (AvgIpc) is 2.34. The lowest BCUT2D eigenvalue weighted by molar-refractivity contribution is -0.143. The number of hydrogen-bond acceptors (Lipinski definition) is 4. The molecule has 0 aliphatic heterocycles. The summed E-state index contributed by atoms with van der Waals surface area (Å²) >= 11 is 0. The summed E-state index contributed by atoms with van der Waals surface area (Å²) in [5, 5.41) is 3.20. The van der Waals surface area contributed by atoms with Crippen LogP contribution in [0.1, 0.15) is 25.8 Å². The van der Waals surface area contributed by atoms with Gasteiger partial charge in [-0.25, -0.2) is 0 Å². The molecular formula is C13H20N2O2. The van der Waals surface area contributed by atoms with E-state index in [2.05, 4.69) is 24.1 Å². The lowest BCUT2D eigenvalue weighted by atomic mass is 10.0. The predicted molar refractivity (Wildman–Crippen MR) is 66.3 cm³/mol. The van der Waals surface area contributed by atoms with Crippen LogP contribution < -0.4 is 5.32 Å². The Morgan fingerprint density at radius 2 is 2.29 bits per heavy atom. The molecule has 1 heterocycles. The Kier molecular flexibility index (Phi) is 5.63. The van der Waals surface area contributed by atoms with Crippen molar-refractivity contribution in [2.45, 2.75) is 32.9 Å². The van der Waals surface area contributed by atoms with Crippen LogP contribution in [0, 0.1) is 5.92 Å². The lowest BCUT2D eigenvalue weighted by Gasteiger charge is -2.18. The van der Waals surface area contributed by atoms with E-state index in [4.69, 9.17) is 4.74 Å². The first-order valence-corrected chi connectivity index (χ1v) is 5.83. The maximum Gasteiger partial charge on any atom is 0.322 e. The summed E-state index contributed by atoms with van der Waals surface area (Å²) in [6.07, 6.45) is 4.29. The normalized spacial score (nSPS) is 12.5. The van der Waals surface area contributed by atoms with Gasteiger partial charge >= 0.3 is 5.97 Å². The highest BCUT2D eigenvalue weighted by Gasteiger charge is 2.19. The van der Waals surface area contributed by atoms with Crippen LogP contribution in [0.15, 0.2) is 24.5 Å². The van der Waals surface area contributed by atoms with Gasteiger partial charge in [-0.15, -0.1) is 0 Å². The van der Waals surface area contributed by atoms with E-state index in [1.165, 1.54) is 7.11 Å². The van der Waals surface area contributed by atoms with Crippen molar-refractivity contribution in [1.82, 2.24) is 10.3 Å². The minimum atomic E-state index is -0.250. The molecule has 0 aliphatic carbocycles. The van der Waals surface area contributed by atoms with E-state index in [0.717, 1.165) is 12.0 Å². The maximum absolute atomic E-state index is 11.6. The summed E-state index contributed by atoms with van der Waals surface area (Å²) in [7, 11) is 1.42. The van der Waals surface area contributed by atoms with Crippen LogP contribution in [0.3, 0.4) is 0 Å². The number of esters is 1. The Balaban J connectivity index is 2.52. The summed E-state index contributed by atoms with van der Waals surface area (Å²) in [6.45, 7) is 4.80. The van der Waals surface area contributed by atoms with E-state index in [9.17, 15) is 4.79 Å². The first-order valence-electron chi connectivity index (χ1n) is 5.83. The van der Waals surface area contributed by atoms with E-state index in [1.807, 2.05) is 12.1 Å². The van der Waals surface area contributed by atoms with Crippen LogP contribution in [0.5, 0.6) is 0 Å². The number of nitrogens with one attached hydrogen (secondary N) is 1. The molecule has 1 atom stereocenters. The van der Waals surface area contributed by atoms with Gasteiger partial charge in [0, 0.05) is 18.9 Å². The topological polar surface area (TPSA) is 51.2 Å². The number of pyridine rings is 1. The highest BCUT2D eigenvalue weighted by atomic mass is 16.5. The molecule has 1 rings (SSSR count). The molecule has 0 saturated carbocycles. The molecule has 0 spiro atoms. The Labute approximate surface area is 102 Å². The molecule has 4 nitrogen and oxygen atoms in total. The summed E-state index contributed by atoms with van der Waals surface area (Å²) in [5.41, 5.74) is 1.06. The second-order valence-electron chi connectivity index (χ2n) is 4.45. The number of hydrogen-bond donors (Lipinski definition) is 1. The molecular weight excluding hydrogens is 216 g/mol. The fourth-order valence-electron chi connectivity index (χ4n) is 1.62. The van der Waals surface area contributed by atoms with E-state index < -0.39 is 0 Å².